The lowest BCUT2D eigenvalue weighted by atomic mass is 9.89. The molecule has 2 rings (SSSR count). The molecule has 0 spiro atoms. The van der Waals surface area contributed by atoms with Crippen molar-refractivity contribution in [3.63, 3.8) is 0 Å². The van der Waals surface area contributed by atoms with E-state index in [9.17, 15) is 5.11 Å². The van der Waals surface area contributed by atoms with Crippen molar-refractivity contribution in [2.45, 2.75) is 25.9 Å². The van der Waals surface area contributed by atoms with Gasteiger partial charge >= 0.3 is 0 Å². The third-order valence-corrected chi connectivity index (χ3v) is 3.17. The van der Waals surface area contributed by atoms with Gasteiger partial charge in [0.15, 0.2) is 0 Å². The van der Waals surface area contributed by atoms with Crippen LogP contribution in [0, 0.1) is 12.8 Å². The first-order valence-electron chi connectivity index (χ1n) is 5.73. The Kier molecular flexibility index (Phi) is 3.39. The molecule has 2 N–H and O–H groups in total. The lowest BCUT2D eigenvalue weighted by molar-refractivity contribution is 0.0921. The number of benzene rings is 1. The number of aliphatic hydroxyl groups excluding tert-OH is 1. The Morgan fingerprint density at radius 1 is 1.47 bits per heavy atom. The average molecular weight is 205 g/mol. The van der Waals surface area contributed by atoms with Gasteiger partial charge in [-0.3, -0.25) is 0 Å². The molecule has 0 bridgehead atoms. The zero-order valence-corrected chi connectivity index (χ0v) is 9.24. The quantitative estimate of drug-likeness (QED) is 0.774. The Morgan fingerprint density at radius 3 is 3.00 bits per heavy atom. The number of aliphatic hydroxyl groups is 1. The predicted molar refractivity (Wildman–Crippen MR) is 61.7 cm³/mol. The molecule has 1 heterocycles. The molecule has 2 atom stereocenters. The van der Waals surface area contributed by atoms with E-state index in [1.165, 1.54) is 12.0 Å². The molecule has 0 aliphatic carbocycles. The van der Waals surface area contributed by atoms with Gasteiger partial charge in [-0.25, -0.2) is 0 Å². The van der Waals surface area contributed by atoms with Gasteiger partial charge in [-0.05, 0) is 31.9 Å². The maximum Gasteiger partial charge on any atom is 0.0830 e. The van der Waals surface area contributed by atoms with E-state index in [-0.39, 0.29) is 6.10 Å². The van der Waals surface area contributed by atoms with Crippen molar-refractivity contribution in [2.24, 2.45) is 5.92 Å². The van der Waals surface area contributed by atoms with E-state index < -0.39 is 0 Å². The van der Waals surface area contributed by atoms with Gasteiger partial charge < -0.3 is 10.4 Å². The molecule has 0 amide bonds. The zero-order chi connectivity index (χ0) is 10.7. The molecular formula is C13H19NO. The van der Waals surface area contributed by atoms with E-state index >= 15 is 0 Å². The summed E-state index contributed by atoms with van der Waals surface area (Å²) in [5, 5.41) is 13.6. The Bertz CT molecular complexity index is 318. The minimum Gasteiger partial charge on any atom is -0.388 e. The molecule has 0 saturated carbocycles. The molecule has 15 heavy (non-hydrogen) atoms. The van der Waals surface area contributed by atoms with Gasteiger partial charge in [-0.15, -0.1) is 0 Å². The predicted octanol–water partition coefficient (Wildman–Crippen LogP) is 2.03. The lowest BCUT2D eigenvalue weighted by Crippen LogP contribution is -2.33. The van der Waals surface area contributed by atoms with Gasteiger partial charge in [0.1, 0.15) is 0 Å². The Balaban J connectivity index is 2.08. The van der Waals surface area contributed by atoms with E-state index in [1.54, 1.807) is 0 Å². The molecular weight excluding hydrogens is 186 g/mol. The highest BCUT2D eigenvalue weighted by Crippen LogP contribution is 2.27. The summed E-state index contributed by atoms with van der Waals surface area (Å²) in [6.45, 7) is 4.10. The highest BCUT2D eigenvalue weighted by molar-refractivity contribution is 5.24. The van der Waals surface area contributed by atoms with E-state index in [0.29, 0.717) is 5.92 Å². The monoisotopic (exact) mass is 205 g/mol. The zero-order valence-electron chi connectivity index (χ0n) is 9.24. The van der Waals surface area contributed by atoms with Crippen LogP contribution in [0.25, 0.3) is 0 Å². The molecule has 1 saturated heterocycles. The molecule has 1 fully saturated rings. The number of nitrogens with one attached hydrogen (secondary N) is 1. The van der Waals surface area contributed by atoms with Gasteiger partial charge in [-0.2, -0.15) is 0 Å². The molecule has 1 aromatic rings. The fourth-order valence-electron chi connectivity index (χ4n) is 2.27. The molecule has 2 nitrogen and oxygen atoms in total. The normalized spacial score (nSPS) is 23.7. The van der Waals surface area contributed by atoms with Crippen LogP contribution in [0.2, 0.25) is 0 Å². The highest BCUT2D eigenvalue weighted by atomic mass is 16.3. The molecule has 0 aromatic heterocycles. The highest BCUT2D eigenvalue weighted by Gasteiger charge is 2.22. The largest absolute Gasteiger partial charge is 0.388 e. The molecule has 0 radical (unpaired) electrons. The maximum atomic E-state index is 10.2. The fourth-order valence-corrected chi connectivity index (χ4v) is 2.27. The summed E-state index contributed by atoms with van der Waals surface area (Å²) < 4.78 is 0. The summed E-state index contributed by atoms with van der Waals surface area (Å²) in [5.74, 6) is 0.376. The van der Waals surface area contributed by atoms with E-state index in [0.717, 1.165) is 25.1 Å². The summed E-state index contributed by atoms with van der Waals surface area (Å²) in [7, 11) is 0. The summed E-state index contributed by atoms with van der Waals surface area (Å²) in [4.78, 5) is 0. The van der Waals surface area contributed by atoms with Gasteiger partial charge in [0, 0.05) is 12.5 Å². The molecule has 1 aliphatic rings. The van der Waals surface area contributed by atoms with Crippen molar-refractivity contribution < 1.29 is 5.11 Å². The summed E-state index contributed by atoms with van der Waals surface area (Å²) in [5.41, 5.74) is 2.28. The van der Waals surface area contributed by atoms with Crippen molar-refractivity contribution in [3.05, 3.63) is 35.4 Å². The smallest absolute Gasteiger partial charge is 0.0830 e. The maximum absolute atomic E-state index is 10.2. The van der Waals surface area contributed by atoms with Crippen molar-refractivity contribution in [2.75, 3.05) is 13.1 Å². The second-order valence-electron chi connectivity index (χ2n) is 4.47. The van der Waals surface area contributed by atoms with Crippen LogP contribution < -0.4 is 5.32 Å². The van der Waals surface area contributed by atoms with Crippen molar-refractivity contribution in [1.82, 2.24) is 5.32 Å². The van der Waals surface area contributed by atoms with E-state index in [2.05, 4.69) is 24.4 Å². The molecule has 2 heteroatoms. The van der Waals surface area contributed by atoms with Gasteiger partial charge in [0.05, 0.1) is 6.10 Å². The van der Waals surface area contributed by atoms with Gasteiger partial charge in [0.25, 0.3) is 0 Å². The van der Waals surface area contributed by atoms with Gasteiger partial charge in [-0.1, -0.05) is 29.8 Å². The third-order valence-electron chi connectivity index (χ3n) is 3.17. The van der Waals surface area contributed by atoms with Crippen LogP contribution in [0.4, 0.5) is 0 Å². The average Bonchev–Trinajstić information content (AvgIpc) is 2.29. The first kappa shape index (κ1) is 10.7. The van der Waals surface area contributed by atoms with Crippen LogP contribution in [0.1, 0.15) is 30.1 Å². The van der Waals surface area contributed by atoms with Crippen molar-refractivity contribution in [3.8, 4) is 0 Å². The minimum absolute atomic E-state index is 0.308. The third kappa shape index (κ3) is 2.58. The summed E-state index contributed by atoms with van der Waals surface area (Å²) >= 11 is 0. The second-order valence-corrected chi connectivity index (χ2v) is 4.47. The second kappa shape index (κ2) is 4.77. The topological polar surface area (TPSA) is 32.3 Å². The number of aryl methyl sites for hydroxylation is 1. The van der Waals surface area contributed by atoms with Crippen molar-refractivity contribution >= 4 is 0 Å². The van der Waals surface area contributed by atoms with Crippen molar-refractivity contribution in [1.29, 1.82) is 0 Å². The summed E-state index contributed by atoms with van der Waals surface area (Å²) in [6, 6.07) is 8.19. The first-order valence-corrected chi connectivity index (χ1v) is 5.73. The first-order chi connectivity index (χ1) is 7.27. The van der Waals surface area contributed by atoms with Crippen LogP contribution in [0.5, 0.6) is 0 Å². The number of piperidine rings is 1. The summed E-state index contributed by atoms with van der Waals surface area (Å²) in [6.07, 6.45) is 1.99. The fraction of sp³-hybridized carbons (Fsp3) is 0.538. The Hall–Kier alpha value is -0.860. The number of hydrogen-bond donors (Lipinski definition) is 2. The molecule has 1 aromatic carbocycles. The molecule has 2 unspecified atom stereocenters. The van der Waals surface area contributed by atoms with E-state index in [1.807, 2.05) is 12.1 Å². The van der Waals surface area contributed by atoms with Crippen LogP contribution in [0.15, 0.2) is 24.3 Å². The Labute approximate surface area is 91.3 Å². The van der Waals surface area contributed by atoms with Crippen LogP contribution in [-0.4, -0.2) is 18.2 Å². The van der Waals surface area contributed by atoms with Crippen LogP contribution in [0.3, 0.4) is 0 Å². The van der Waals surface area contributed by atoms with E-state index in [4.69, 9.17) is 0 Å². The number of hydrogen-bond acceptors (Lipinski definition) is 2. The minimum atomic E-state index is -0.308. The number of rotatable bonds is 2. The standard InChI is InChI=1S/C13H19NO/c1-10-4-2-5-11(8-10)13(15)12-6-3-7-14-9-12/h2,4-5,8,12-15H,3,6-7,9H2,1H3. The molecule has 82 valence electrons. The SMILES string of the molecule is Cc1cccc(C(O)C2CCCNC2)c1. The van der Waals surface area contributed by atoms with Crippen LogP contribution >= 0.6 is 0 Å². The molecule has 1 aliphatic heterocycles. The van der Waals surface area contributed by atoms with Gasteiger partial charge in [0.2, 0.25) is 0 Å². The lowest BCUT2D eigenvalue weighted by Gasteiger charge is -2.27. The van der Waals surface area contributed by atoms with Crippen LogP contribution in [-0.2, 0) is 0 Å². The Morgan fingerprint density at radius 2 is 2.33 bits per heavy atom.